The minimum atomic E-state index is -2.38. The predicted octanol–water partition coefficient (Wildman–Crippen LogP) is 3.69. The normalized spacial score (nSPS) is 13.9. The van der Waals surface area contributed by atoms with Crippen molar-refractivity contribution in [1.82, 2.24) is 0 Å². The molecule has 0 radical (unpaired) electrons. The van der Waals surface area contributed by atoms with Gasteiger partial charge in [-0.2, -0.15) is 0 Å². The molecular formula is C12H27ClO3Si. The Bertz CT molecular complexity index is 169. The molecule has 0 aliphatic rings. The highest BCUT2D eigenvalue weighted by Gasteiger charge is 2.39. The van der Waals surface area contributed by atoms with Crippen LogP contribution in [0, 0.1) is 5.92 Å². The predicted molar refractivity (Wildman–Crippen MR) is 74.6 cm³/mol. The molecule has 1 unspecified atom stereocenters. The lowest BCUT2D eigenvalue weighted by molar-refractivity contribution is 0.118. The second kappa shape index (κ2) is 10.3. The van der Waals surface area contributed by atoms with Gasteiger partial charge in [-0.1, -0.05) is 32.6 Å². The first-order valence-corrected chi connectivity index (χ1v) is 8.82. The summed E-state index contributed by atoms with van der Waals surface area (Å²) in [5.74, 6) is 1.36. The van der Waals surface area contributed by atoms with Crippen molar-refractivity contribution < 1.29 is 13.3 Å². The van der Waals surface area contributed by atoms with Crippen molar-refractivity contribution in [1.29, 1.82) is 0 Å². The number of alkyl halides is 1. The Balaban J connectivity index is 3.79. The number of unbranched alkanes of at least 4 members (excludes halogenated alkanes) is 3. The lowest BCUT2D eigenvalue weighted by Gasteiger charge is -2.27. The molecule has 17 heavy (non-hydrogen) atoms. The first kappa shape index (κ1) is 17.4. The minimum absolute atomic E-state index is 0.581. The van der Waals surface area contributed by atoms with Gasteiger partial charge in [0.2, 0.25) is 0 Å². The van der Waals surface area contributed by atoms with Gasteiger partial charge in [0.15, 0.2) is 0 Å². The fraction of sp³-hybridized carbons (Fsp3) is 1.00. The summed E-state index contributed by atoms with van der Waals surface area (Å²) in [6.45, 7) is 2.24. The molecule has 0 amide bonds. The standard InChI is InChI=1S/C12H27ClO3Si/c1-12(9-7-5-6-8-10-13)11-17(14-2,15-3)16-4/h12H,5-11H2,1-4H3. The maximum atomic E-state index is 5.64. The van der Waals surface area contributed by atoms with Gasteiger partial charge in [0.05, 0.1) is 0 Å². The van der Waals surface area contributed by atoms with E-state index in [1.807, 2.05) is 0 Å². The van der Waals surface area contributed by atoms with Crippen LogP contribution in [0.3, 0.4) is 0 Å². The number of hydrogen-bond acceptors (Lipinski definition) is 3. The third kappa shape index (κ3) is 7.42. The molecule has 0 rings (SSSR count). The van der Waals surface area contributed by atoms with Gasteiger partial charge in [-0.05, 0) is 12.3 Å². The summed E-state index contributed by atoms with van der Waals surface area (Å²) in [5, 5.41) is 0. The summed E-state index contributed by atoms with van der Waals surface area (Å²) >= 11 is 5.64. The molecule has 0 spiro atoms. The van der Waals surface area contributed by atoms with E-state index in [0.29, 0.717) is 5.92 Å². The summed E-state index contributed by atoms with van der Waals surface area (Å²) in [7, 11) is 2.64. The van der Waals surface area contributed by atoms with E-state index >= 15 is 0 Å². The monoisotopic (exact) mass is 282 g/mol. The lowest BCUT2D eigenvalue weighted by Crippen LogP contribution is -2.44. The maximum Gasteiger partial charge on any atom is 0.500 e. The van der Waals surface area contributed by atoms with Crippen LogP contribution >= 0.6 is 11.6 Å². The van der Waals surface area contributed by atoms with Crippen molar-refractivity contribution in [2.24, 2.45) is 5.92 Å². The molecule has 0 fully saturated rings. The van der Waals surface area contributed by atoms with Gasteiger partial charge in [0, 0.05) is 33.3 Å². The van der Waals surface area contributed by atoms with Crippen molar-refractivity contribution in [3.05, 3.63) is 0 Å². The zero-order valence-electron chi connectivity index (χ0n) is 11.6. The van der Waals surface area contributed by atoms with Crippen LogP contribution in [0.25, 0.3) is 0 Å². The Morgan fingerprint density at radius 2 is 1.47 bits per heavy atom. The van der Waals surface area contributed by atoms with Crippen LogP contribution in [0.4, 0.5) is 0 Å². The summed E-state index contributed by atoms with van der Waals surface area (Å²) in [6.07, 6.45) is 6.08. The van der Waals surface area contributed by atoms with Crippen molar-refractivity contribution in [2.45, 2.75) is 45.1 Å². The van der Waals surface area contributed by atoms with Crippen LogP contribution in [0.15, 0.2) is 0 Å². The Hall–Kier alpha value is 0.387. The van der Waals surface area contributed by atoms with Crippen LogP contribution in [0.5, 0.6) is 0 Å². The third-order valence-corrected chi connectivity index (χ3v) is 6.44. The summed E-state index contributed by atoms with van der Waals surface area (Å²) < 4.78 is 16.3. The average molecular weight is 283 g/mol. The van der Waals surface area contributed by atoms with Crippen LogP contribution in [-0.2, 0) is 13.3 Å². The molecule has 0 aliphatic carbocycles. The van der Waals surface area contributed by atoms with Gasteiger partial charge in [-0.25, -0.2) is 0 Å². The van der Waals surface area contributed by atoms with Crippen LogP contribution < -0.4 is 0 Å². The first-order chi connectivity index (χ1) is 8.14. The lowest BCUT2D eigenvalue weighted by atomic mass is 10.0. The summed E-state index contributed by atoms with van der Waals surface area (Å²) in [5.41, 5.74) is 0. The molecule has 0 heterocycles. The number of hydrogen-bond donors (Lipinski definition) is 0. The van der Waals surface area contributed by atoms with E-state index in [2.05, 4.69) is 6.92 Å². The molecule has 5 heteroatoms. The molecule has 0 aromatic heterocycles. The molecule has 0 aromatic carbocycles. The van der Waals surface area contributed by atoms with Crippen LogP contribution in [0.2, 0.25) is 6.04 Å². The van der Waals surface area contributed by atoms with Crippen LogP contribution in [0.1, 0.15) is 39.0 Å². The first-order valence-electron chi connectivity index (χ1n) is 6.35. The quantitative estimate of drug-likeness (QED) is 0.329. The average Bonchev–Trinajstić information content (AvgIpc) is 2.36. The molecule has 0 aliphatic heterocycles. The van der Waals surface area contributed by atoms with E-state index in [0.717, 1.165) is 18.3 Å². The molecular weight excluding hydrogens is 256 g/mol. The minimum Gasteiger partial charge on any atom is -0.377 e. The topological polar surface area (TPSA) is 27.7 Å². The molecule has 0 aromatic rings. The van der Waals surface area contributed by atoms with Crippen LogP contribution in [-0.4, -0.2) is 36.0 Å². The summed E-state index contributed by atoms with van der Waals surface area (Å²) in [6, 6.07) is 0.895. The van der Waals surface area contributed by atoms with E-state index in [1.54, 1.807) is 21.3 Å². The van der Waals surface area contributed by atoms with Gasteiger partial charge >= 0.3 is 8.80 Å². The van der Waals surface area contributed by atoms with E-state index in [1.165, 1.54) is 25.7 Å². The van der Waals surface area contributed by atoms with E-state index < -0.39 is 8.80 Å². The van der Waals surface area contributed by atoms with Gasteiger partial charge < -0.3 is 13.3 Å². The molecule has 104 valence electrons. The van der Waals surface area contributed by atoms with Gasteiger partial charge in [-0.15, -0.1) is 11.6 Å². The molecule has 0 N–H and O–H groups in total. The molecule has 3 nitrogen and oxygen atoms in total. The fourth-order valence-corrected chi connectivity index (χ4v) is 4.22. The van der Waals surface area contributed by atoms with E-state index in [4.69, 9.17) is 24.9 Å². The Morgan fingerprint density at radius 3 is 1.94 bits per heavy atom. The fourth-order valence-electron chi connectivity index (χ4n) is 1.97. The van der Waals surface area contributed by atoms with Gasteiger partial charge in [-0.3, -0.25) is 0 Å². The molecule has 0 saturated heterocycles. The Labute approximate surface area is 112 Å². The van der Waals surface area contributed by atoms with Crippen molar-refractivity contribution in [3.63, 3.8) is 0 Å². The second-order valence-electron chi connectivity index (χ2n) is 4.50. The third-order valence-electron chi connectivity index (χ3n) is 3.11. The number of halogens is 1. The van der Waals surface area contributed by atoms with Crippen molar-refractivity contribution in [2.75, 3.05) is 27.2 Å². The number of rotatable bonds is 11. The SMILES string of the molecule is CO[Si](CC(C)CCCCCCCl)(OC)OC. The second-order valence-corrected chi connectivity index (χ2v) is 7.87. The summed E-state index contributed by atoms with van der Waals surface area (Å²) in [4.78, 5) is 0. The van der Waals surface area contributed by atoms with Crippen molar-refractivity contribution in [3.8, 4) is 0 Å². The highest BCUT2D eigenvalue weighted by molar-refractivity contribution is 6.60. The zero-order chi connectivity index (χ0) is 13.1. The van der Waals surface area contributed by atoms with E-state index in [9.17, 15) is 0 Å². The van der Waals surface area contributed by atoms with E-state index in [-0.39, 0.29) is 0 Å². The molecule has 0 bridgehead atoms. The van der Waals surface area contributed by atoms with Crippen molar-refractivity contribution >= 4 is 20.4 Å². The maximum absolute atomic E-state index is 5.64. The smallest absolute Gasteiger partial charge is 0.377 e. The molecule has 0 saturated carbocycles. The Morgan fingerprint density at radius 1 is 0.941 bits per heavy atom. The van der Waals surface area contributed by atoms with Gasteiger partial charge in [0.1, 0.15) is 0 Å². The zero-order valence-corrected chi connectivity index (χ0v) is 13.4. The Kier molecular flexibility index (Phi) is 10.6. The molecule has 1 atom stereocenters. The van der Waals surface area contributed by atoms with Gasteiger partial charge in [0.25, 0.3) is 0 Å². The highest BCUT2D eigenvalue weighted by atomic mass is 35.5. The largest absolute Gasteiger partial charge is 0.500 e. The highest BCUT2D eigenvalue weighted by Crippen LogP contribution is 2.23.